The highest BCUT2D eigenvalue weighted by Gasteiger charge is 2.32. The van der Waals surface area contributed by atoms with Crippen molar-refractivity contribution in [1.29, 1.82) is 0 Å². The van der Waals surface area contributed by atoms with Gasteiger partial charge in [0.15, 0.2) is 0 Å². The Bertz CT molecular complexity index is 829. The Labute approximate surface area is 145 Å². The quantitative estimate of drug-likeness (QED) is 0.714. The maximum absolute atomic E-state index is 12.7. The number of rotatable bonds is 5. The average Bonchev–Trinajstić information content (AvgIpc) is 3.14. The lowest BCUT2D eigenvalue weighted by Crippen LogP contribution is -2.49. The fraction of sp³-hybridized carbons (Fsp3) is 0.400. The first-order chi connectivity index (χ1) is 12.0. The summed E-state index contributed by atoms with van der Waals surface area (Å²) >= 11 is 0. The summed E-state index contributed by atoms with van der Waals surface area (Å²) < 4.78 is 36.6. The van der Waals surface area contributed by atoms with Crippen molar-refractivity contribution >= 4 is 21.9 Å². The van der Waals surface area contributed by atoms with Crippen molar-refractivity contribution in [3.8, 4) is 0 Å². The first-order valence-electron chi connectivity index (χ1n) is 7.81. The first-order valence-corrected chi connectivity index (χ1v) is 9.25. The van der Waals surface area contributed by atoms with Crippen LogP contribution in [0.15, 0.2) is 40.1 Å². The van der Waals surface area contributed by atoms with Crippen LogP contribution >= 0.6 is 0 Å². The number of carbonyl (C=O) groups is 1. The number of nitrogens with zero attached hydrogens (tertiary/aromatic N) is 4. The molecule has 10 heteroatoms. The second-order valence-electron chi connectivity index (χ2n) is 5.28. The van der Waals surface area contributed by atoms with E-state index < -0.39 is 16.0 Å². The van der Waals surface area contributed by atoms with Crippen molar-refractivity contribution in [3.63, 3.8) is 0 Å². The molecule has 0 aromatic carbocycles. The standard InChI is InChI=1S/C15H18N4O5S/c1-2-23-14(20)12-4-5-13(24-12)25(21,22)19-10-8-18(9-11-19)15-16-6-3-7-17-15/h3-7H,2,8-11H2,1H3. The number of furan rings is 1. The Balaban J connectivity index is 1.69. The molecule has 0 atom stereocenters. The lowest BCUT2D eigenvalue weighted by atomic mass is 10.4. The van der Waals surface area contributed by atoms with E-state index in [1.54, 1.807) is 25.4 Å². The van der Waals surface area contributed by atoms with Gasteiger partial charge in [-0.15, -0.1) is 0 Å². The van der Waals surface area contributed by atoms with Gasteiger partial charge < -0.3 is 14.1 Å². The summed E-state index contributed by atoms with van der Waals surface area (Å²) in [6.45, 7) is 3.33. The zero-order valence-electron chi connectivity index (χ0n) is 13.7. The molecule has 3 rings (SSSR count). The number of esters is 1. The minimum absolute atomic E-state index is 0.128. The molecule has 0 radical (unpaired) electrons. The van der Waals surface area contributed by atoms with Gasteiger partial charge in [-0.25, -0.2) is 23.2 Å². The Kier molecular flexibility index (Phi) is 5.00. The van der Waals surface area contributed by atoms with Crippen LogP contribution in [0, 0.1) is 0 Å². The SMILES string of the molecule is CCOC(=O)c1ccc(S(=O)(=O)N2CCN(c3ncccn3)CC2)o1. The lowest BCUT2D eigenvalue weighted by molar-refractivity contribution is 0.0483. The fourth-order valence-corrected chi connectivity index (χ4v) is 3.81. The minimum atomic E-state index is -3.80. The minimum Gasteiger partial charge on any atom is -0.460 e. The van der Waals surface area contributed by atoms with E-state index in [1.165, 1.54) is 16.4 Å². The van der Waals surface area contributed by atoms with E-state index in [2.05, 4.69) is 9.97 Å². The summed E-state index contributed by atoms with van der Waals surface area (Å²) in [5.41, 5.74) is 0. The molecule has 0 spiro atoms. The van der Waals surface area contributed by atoms with Gasteiger partial charge in [-0.3, -0.25) is 0 Å². The molecule has 3 heterocycles. The molecule has 2 aromatic rings. The highest BCUT2D eigenvalue weighted by molar-refractivity contribution is 7.89. The third-order valence-corrected chi connectivity index (χ3v) is 5.50. The van der Waals surface area contributed by atoms with Crippen molar-refractivity contribution in [2.45, 2.75) is 12.0 Å². The zero-order chi connectivity index (χ0) is 17.9. The molecule has 0 aliphatic carbocycles. The average molecular weight is 366 g/mol. The first kappa shape index (κ1) is 17.4. The second kappa shape index (κ2) is 7.19. The number of carbonyl (C=O) groups excluding carboxylic acids is 1. The van der Waals surface area contributed by atoms with Crippen LogP contribution < -0.4 is 4.90 Å². The Morgan fingerprint density at radius 1 is 1.20 bits per heavy atom. The third kappa shape index (κ3) is 3.64. The molecule has 2 aromatic heterocycles. The largest absolute Gasteiger partial charge is 0.460 e. The van der Waals surface area contributed by atoms with E-state index in [9.17, 15) is 13.2 Å². The Hall–Kier alpha value is -2.46. The molecule has 9 nitrogen and oxygen atoms in total. The van der Waals surface area contributed by atoms with Crippen LogP contribution in [0.5, 0.6) is 0 Å². The molecule has 0 amide bonds. The van der Waals surface area contributed by atoms with Gasteiger partial charge in [0, 0.05) is 38.6 Å². The fourth-order valence-electron chi connectivity index (χ4n) is 2.48. The van der Waals surface area contributed by atoms with Gasteiger partial charge in [-0.1, -0.05) is 0 Å². The van der Waals surface area contributed by atoms with Crippen LogP contribution in [0.2, 0.25) is 0 Å². The van der Waals surface area contributed by atoms with E-state index in [0.29, 0.717) is 19.0 Å². The Morgan fingerprint density at radius 3 is 2.52 bits per heavy atom. The molecule has 1 saturated heterocycles. The number of anilines is 1. The number of hydrogen-bond donors (Lipinski definition) is 0. The van der Waals surface area contributed by atoms with Gasteiger partial charge in [0.25, 0.3) is 10.0 Å². The number of aromatic nitrogens is 2. The van der Waals surface area contributed by atoms with Crippen LogP contribution in [0.1, 0.15) is 17.5 Å². The van der Waals surface area contributed by atoms with Crippen molar-refractivity contribution in [2.75, 3.05) is 37.7 Å². The third-order valence-electron chi connectivity index (χ3n) is 3.73. The summed E-state index contributed by atoms with van der Waals surface area (Å²) in [4.78, 5) is 21.9. The summed E-state index contributed by atoms with van der Waals surface area (Å²) in [6.07, 6.45) is 3.29. The maximum Gasteiger partial charge on any atom is 0.374 e. The molecular formula is C15H18N4O5S. The molecule has 1 aliphatic rings. The van der Waals surface area contributed by atoms with Gasteiger partial charge >= 0.3 is 5.97 Å². The van der Waals surface area contributed by atoms with Gasteiger partial charge in [0.05, 0.1) is 6.61 Å². The van der Waals surface area contributed by atoms with Crippen molar-refractivity contribution in [3.05, 3.63) is 36.4 Å². The second-order valence-corrected chi connectivity index (χ2v) is 7.15. The van der Waals surface area contributed by atoms with Crippen molar-refractivity contribution in [1.82, 2.24) is 14.3 Å². The van der Waals surface area contributed by atoms with E-state index >= 15 is 0 Å². The predicted octanol–water partition coefficient (Wildman–Crippen LogP) is 0.757. The number of piperazine rings is 1. The molecule has 0 N–H and O–H groups in total. The predicted molar refractivity (Wildman–Crippen MR) is 87.7 cm³/mol. The van der Waals surface area contributed by atoms with E-state index in [-0.39, 0.29) is 30.5 Å². The molecule has 1 aliphatic heterocycles. The van der Waals surface area contributed by atoms with Crippen LogP contribution in [0.3, 0.4) is 0 Å². The van der Waals surface area contributed by atoms with Crippen molar-refractivity contribution in [2.24, 2.45) is 0 Å². The topological polar surface area (TPSA) is 106 Å². The number of sulfonamides is 1. The van der Waals surface area contributed by atoms with E-state index in [1.807, 2.05) is 4.90 Å². The molecule has 25 heavy (non-hydrogen) atoms. The summed E-state index contributed by atoms with van der Waals surface area (Å²) in [5, 5.41) is -0.264. The molecule has 1 fully saturated rings. The van der Waals surface area contributed by atoms with Crippen LogP contribution in [0.25, 0.3) is 0 Å². The molecular weight excluding hydrogens is 348 g/mol. The van der Waals surface area contributed by atoms with Gasteiger partial charge in [0.1, 0.15) is 0 Å². The zero-order valence-corrected chi connectivity index (χ0v) is 14.5. The molecule has 0 saturated carbocycles. The van der Waals surface area contributed by atoms with Gasteiger partial charge in [-0.2, -0.15) is 4.31 Å². The summed E-state index contributed by atoms with van der Waals surface area (Å²) in [5.74, 6) is -0.242. The van der Waals surface area contributed by atoms with Crippen LogP contribution in [-0.2, 0) is 14.8 Å². The van der Waals surface area contributed by atoms with Gasteiger partial charge in [-0.05, 0) is 25.1 Å². The number of ether oxygens (including phenoxy) is 1. The summed E-state index contributed by atoms with van der Waals surface area (Å²) in [6, 6.07) is 4.30. The van der Waals surface area contributed by atoms with Gasteiger partial charge in [0.2, 0.25) is 16.8 Å². The van der Waals surface area contributed by atoms with E-state index in [0.717, 1.165) is 0 Å². The van der Waals surface area contributed by atoms with Crippen molar-refractivity contribution < 1.29 is 22.4 Å². The van der Waals surface area contributed by atoms with E-state index in [4.69, 9.17) is 9.15 Å². The summed E-state index contributed by atoms with van der Waals surface area (Å²) in [7, 11) is -3.80. The molecule has 0 unspecified atom stereocenters. The highest BCUT2D eigenvalue weighted by Crippen LogP contribution is 2.21. The Morgan fingerprint density at radius 2 is 1.88 bits per heavy atom. The van der Waals surface area contributed by atoms with Crippen LogP contribution in [-0.4, -0.2) is 61.4 Å². The van der Waals surface area contributed by atoms with Crippen LogP contribution in [0.4, 0.5) is 5.95 Å². The highest BCUT2D eigenvalue weighted by atomic mass is 32.2. The monoisotopic (exact) mass is 366 g/mol. The smallest absolute Gasteiger partial charge is 0.374 e. The maximum atomic E-state index is 12.7. The lowest BCUT2D eigenvalue weighted by Gasteiger charge is -2.33. The molecule has 134 valence electrons. The number of hydrogen-bond acceptors (Lipinski definition) is 8. The normalized spacial score (nSPS) is 16.0. The molecule has 0 bridgehead atoms.